The molecule has 0 aliphatic heterocycles. The van der Waals surface area contributed by atoms with Crippen molar-refractivity contribution in [3.8, 4) is 0 Å². The number of aromatic amines is 1. The Morgan fingerprint density at radius 3 is 2.60 bits per heavy atom. The number of rotatable bonds is 1. The molecular weight excluding hydrogens is 230 g/mol. The van der Waals surface area contributed by atoms with Crippen LogP contribution in [0.15, 0.2) is 29.3 Å². The summed E-state index contributed by atoms with van der Waals surface area (Å²) in [4.78, 5) is 2.64. The van der Waals surface area contributed by atoms with Gasteiger partial charge in [-0.05, 0) is 30.0 Å². The molecule has 0 amide bonds. The van der Waals surface area contributed by atoms with Gasteiger partial charge in [-0.25, -0.2) is 4.39 Å². The second-order valence-corrected chi connectivity index (χ2v) is 4.00. The Balaban J connectivity index is 2.45. The van der Waals surface area contributed by atoms with Crippen LogP contribution in [0.1, 0.15) is 0 Å². The van der Waals surface area contributed by atoms with E-state index in [9.17, 15) is 17.6 Å². The molecular formula is C9H5F4NS. The Morgan fingerprint density at radius 2 is 1.93 bits per heavy atom. The quantitative estimate of drug-likeness (QED) is 0.585. The summed E-state index contributed by atoms with van der Waals surface area (Å²) in [6, 6.07) is 3.63. The van der Waals surface area contributed by atoms with Gasteiger partial charge in [0.15, 0.2) is 0 Å². The van der Waals surface area contributed by atoms with E-state index in [0.29, 0.717) is 10.9 Å². The minimum absolute atomic E-state index is 0.0532. The first-order valence-electron chi connectivity index (χ1n) is 3.98. The van der Waals surface area contributed by atoms with Crippen molar-refractivity contribution in [2.45, 2.75) is 10.4 Å². The molecule has 0 radical (unpaired) electrons. The van der Waals surface area contributed by atoms with E-state index in [1.165, 1.54) is 12.3 Å². The standard InChI is InChI=1S/C9H5F4NS/c10-5-1-2-6-7(3-5)14-4-8(6)15-9(11,12)13/h1-4,14H. The van der Waals surface area contributed by atoms with Crippen molar-refractivity contribution in [1.29, 1.82) is 0 Å². The van der Waals surface area contributed by atoms with Crippen LogP contribution in [0, 0.1) is 5.82 Å². The molecule has 0 saturated heterocycles. The molecule has 1 aromatic heterocycles. The van der Waals surface area contributed by atoms with Gasteiger partial charge < -0.3 is 4.98 Å². The lowest BCUT2D eigenvalue weighted by molar-refractivity contribution is -0.0327. The van der Waals surface area contributed by atoms with Gasteiger partial charge >= 0.3 is 5.51 Å². The van der Waals surface area contributed by atoms with E-state index < -0.39 is 11.3 Å². The number of H-pyrrole nitrogens is 1. The summed E-state index contributed by atoms with van der Waals surface area (Å²) in [5.41, 5.74) is -3.97. The third kappa shape index (κ3) is 2.26. The SMILES string of the molecule is Fc1ccc2c(SC(F)(F)F)c[nH]c2c1. The van der Waals surface area contributed by atoms with Gasteiger partial charge in [0.2, 0.25) is 0 Å². The molecule has 1 nitrogen and oxygen atoms in total. The van der Waals surface area contributed by atoms with Crippen LogP contribution in [-0.4, -0.2) is 10.5 Å². The predicted octanol–water partition coefficient (Wildman–Crippen LogP) is 3.92. The lowest BCUT2D eigenvalue weighted by atomic mass is 10.2. The number of hydrogen-bond donors (Lipinski definition) is 1. The maximum Gasteiger partial charge on any atom is 0.446 e. The number of hydrogen-bond acceptors (Lipinski definition) is 1. The molecule has 0 aliphatic carbocycles. The highest BCUT2D eigenvalue weighted by molar-refractivity contribution is 8.00. The summed E-state index contributed by atoms with van der Waals surface area (Å²) in [6.45, 7) is 0. The van der Waals surface area contributed by atoms with E-state index >= 15 is 0 Å². The van der Waals surface area contributed by atoms with Crippen molar-refractivity contribution in [3.05, 3.63) is 30.2 Å². The van der Waals surface area contributed by atoms with Crippen LogP contribution in [-0.2, 0) is 0 Å². The van der Waals surface area contributed by atoms with Crippen LogP contribution >= 0.6 is 11.8 Å². The van der Waals surface area contributed by atoms with E-state index in [4.69, 9.17) is 0 Å². The third-order valence-electron chi connectivity index (χ3n) is 1.83. The monoisotopic (exact) mass is 235 g/mol. The maximum absolute atomic E-state index is 12.7. The van der Waals surface area contributed by atoms with Crippen LogP contribution in [0.25, 0.3) is 10.9 Å². The zero-order chi connectivity index (χ0) is 11.1. The highest BCUT2D eigenvalue weighted by Gasteiger charge is 2.30. The Kier molecular flexibility index (Phi) is 2.38. The fourth-order valence-corrected chi connectivity index (χ4v) is 1.94. The fourth-order valence-electron chi connectivity index (χ4n) is 1.28. The Morgan fingerprint density at radius 1 is 1.20 bits per heavy atom. The van der Waals surface area contributed by atoms with Gasteiger partial charge in [-0.15, -0.1) is 0 Å². The van der Waals surface area contributed by atoms with Crippen molar-refractivity contribution in [3.63, 3.8) is 0 Å². The lowest BCUT2D eigenvalue weighted by Crippen LogP contribution is -1.98. The molecule has 1 aromatic carbocycles. The predicted molar refractivity (Wildman–Crippen MR) is 50.2 cm³/mol. The van der Waals surface area contributed by atoms with Crippen molar-refractivity contribution < 1.29 is 17.6 Å². The van der Waals surface area contributed by atoms with Crippen molar-refractivity contribution in [1.82, 2.24) is 4.98 Å². The number of fused-ring (bicyclic) bond motifs is 1. The summed E-state index contributed by atoms with van der Waals surface area (Å²) >= 11 is -0.211. The summed E-state index contributed by atoms with van der Waals surface area (Å²) in [7, 11) is 0. The zero-order valence-corrected chi connectivity index (χ0v) is 8.05. The molecule has 2 rings (SSSR count). The zero-order valence-electron chi connectivity index (χ0n) is 7.23. The van der Waals surface area contributed by atoms with E-state index in [1.807, 2.05) is 0 Å². The summed E-state index contributed by atoms with van der Waals surface area (Å²) in [5, 5.41) is 0.374. The Labute approximate surface area is 86.5 Å². The maximum atomic E-state index is 12.7. The van der Waals surface area contributed by atoms with Gasteiger partial charge in [-0.3, -0.25) is 0 Å². The van der Waals surface area contributed by atoms with Gasteiger partial charge in [0.1, 0.15) is 5.82 Å². The van der Waals surface area contributed by atoms with E-state index in [2.05, 4.69) is 4.98 Å². The number of alkyl halides is 3. The number of nitrogens with one attached hydrogen (secondary N) is 1. The van der Waals surface area contributed by atoms with Crippen molar-refractivity contribution in [2.24, 2.45) is 0 Å². The van der Waals surface area contributed by atoms with Gasteiger partial charge in [0, 0.05) is 22.0 Å². The van der Waals surface area contributed by atoms with E-state index in [0.717, 1.165) is 12.1 Å². The molecule has 6 heteroatoms. The molecule has 2 aromatic rings. The first-order chi connectivity index (χ1) is 6.96. The van der Waals surface area contributed by atoms with Crippen molar-refractivity contribution >= 4 is 22.7 Å². The molecule has 0 bridgehead atoms. The van der Waals surface area contributed by atoms with E-state index in [-0.39, 0.29) is 16.7 Å². The highest BCUT2D eigenvalue weighted by Crippen LogP contribution is 2.40. The highest BCUT2D eigenvalue weighted by atomic mass is 32.2. The minimum Gasteiger partial charge on any atom is -0.360 e. The number of benzene rings is 1. The molecule has 0 spiro atoms. The molecule has 80 valence electrons. The number of thioether (sulfide) groups is 1. The second kappa shape index (κ2) is 3.44. The van der Waals surface area contributed by atoms with Gasteiger partial charge in [0.25, 0.3) is 0 Å². The molecule has 0 saturated carbocycles. The van der Waals surface area contributed by atoms with Crippen LogP contribution in [0.3, 0.4) is 0 Å². The normalized spacial score (nSPS) is 12.3. The average Bonchev–Trinajstić information content (AvgIpc) is 2.45. The molecule has 1 heterocycles. The smallest absolute Gasteiger partial charge is 0.360 e. The van der Waals surface area contributed by atoms with Crippen LogP contribution in [0.4, 0.5) is 17.6 Å². The second-order valence-electron chi connectivity index (χ2n) is 2.89. The van der Waals surface area contributed by atoms with Crippen LogP contribution < -0.4 is 0 Å². The van der Waals surface area contributed by atoms with Crippen molar-refractivity contribution in [2.75, 3.05) is 0 Å². The molecule has 0 fully saturated rings. The Bertz CT molecular complexity index is 488. The van der Waals surface area contributed by atoms with Gasteiger partial charge in [-0.1, -0.05) is 0 Å². The topological polar surface area (TPSA) is 15.8 Å². The first kappa shape index (κ1) is 10.4. The fraction of sp³-hybridized carbons (Fsp3) is 0.111. The van der Waals surface area contributed by atoms with Crippen LogP contribution in [0.2, 0.25) is 0 Å². The van der Waals surface area contributed by atoms with Gasteiger partial charge in [-0.2, -0.15) is 13.2 Å². The number of halogens is 4. The molecule has 0 aliphatic rings. The summed E-state index contributed by atoms with van der Waals surface area (Å²) in [6.07, 6.45) is 1.22. The molecule has 0 atom stereocenters. The summed E-state index contributed by atoms with van der Waals surface area (Å²) < 4.78 is 49.0. The lowest BCUT2D eigenvalue weighted by Gasteiger charge is -2.03. The van der Waals surface area contributed by atoms with Crippen LogP contribution in [0.5, 0.6) is 0 Å². The number of aromatic nitrogens is 1. The minimum atomic E-state index is -4.33. The molecule has 1 N–H and O–H groups in total. The summed E-state index contributed by atoms with van der Waals surface area (Å²) in [5.74, 6) is -0.479. The van der Waals surface area contributed by atoms with Gasteiger partial charge in [0.05, 0.1) is 0 Å². The first-order valence-corrected chi connectivity index (χ1v) is 4.80. The molecule has 15 heavy (non-hydrogen) atoms. The Hall–Kier alpha value is -1.17. The average molecular weight is 235 g/mol. The molecule has 0 unspecified atom stereocenters. The largest absolute Gasteiger partial charge is 0.446 e. The van der Waals surface area contributed by atoms with E-state index in [1.54, 1.807) is 0 Å². The third-order valence-corrected chi connectivity index (χ3v) is 2.62.